The van der Waals surface area contributed by atoms with E-state index in [0.29, 0.717) is 11.3 Å². The molecule has 0 saturated heterocycles. The summed E-state index contributed by atoms with van der Waals surface area (Å²) in [5.41, 5.74) is 1.02. The van der Waals surface area contributed by atoms with Gasteiger partial charge < -0.3 is 19.9 Å². The Balaban J connectivity index is 2.06. The number of ether oxygens (including phenoxy) is 2. The van der Waals surface area contributed by atoms with Crippen molar-refractivity contribution in [2.24, 2.45) is 0 Å². The van der Waals surface area contributed by atoms with Crippen molar-refractivity contribution in [3.05, 3.63) is 54.1 Å². The molecule has 0 spiro atoms. The van der Waals surface area contributed by atoms with Gasteiger partial charge in [0.05, 0.1) is 7.11 Å². The number of aromatic hydroxyl groups is 1. The average molecular weight is 335 g/mol. The highest BCUT2D eigenvalue weighted by molar-refractivity contribution is 6.02. The zero-order chi connectivity index (χ0) is 17.5. The van der Waals surface area contributed by atoms with Gasteiger partial charge in [0.1, 0.15) is 5.75 Å². The molecular formula is C17H15F2NO4. The molecule has 0 aliphatic heterocycles. The maximum atomic E-state index is 12.3. The minimum absolute atomic E-state index is 0.0381. The summed E-state index contributed by atoms with van der Waals surface area (Å²) in [4.78, 5) is 11.8. The zero-order valence-electron chi connectivity index (χ0n) is 12.7. The van der Waals surface area contributed by atoms with E-state index in [-0.39, 0.29) is 17.2 Å². The number of phenolic OH excluding ortho intramolecular Hbond substituents is 1. The van der Waals surface area contributed by atoms with E-state index in [1.807, 2.05) is 0 Å². The monoisotopic (exact) mass is 335 g/mol. The Kier molecular flexibility index (Phi) is 5.73. The number of anilines is 1. The fourth-order valence-electron chi connectivity index (χ4n) is 1.92. The van der Waals surface area contributed by atoms with Crippen LogP contribution in [0.5, 0.6) is 17.2 Å². The van der Waals surface area contributed by atoms with Gasteiger partial charge in [0.2, 0.25) is 5.91 Å². The molecule has 2 aromatic rings. The summed E-state index contributed by atoms with van der Waals surface area (Å²) in [5, 5.41) is 11.9. The van der Waals surface area contributed by atoms with E-state index in [4.69, 9.17) is 4.74 Å². The highest BCUT2D eigenvalue weighted by atomic mass is 19.3. The molecule has 126 valence electrons. The van der Waals surface area contributed by atoms with Crippen molar-refractivity contribution < 1.29 is 28.2 Å². The van der Waals surface area contributed by atoms with E-state index in [2.05, 4.69) is 10.1 Å². The molecule has 2 rings (SSSR count). The van der Waals surface area contributed by atoms with Crippen molar-refractivity contribution in [1.82, 2.24) is 0 Å². The number of phenols is 1. The van der Waals surface area contributed by atoms with Crippen LogP contribution in [0.3, 0.4) is 0 Å². The summed E-state index contributed by atoms with van der Waals surface area (Å²) in [5.74, 6) is -0.330. The summed E-state index contributed by atoms with van der Waals surface area (Å²) >= 11 is 0. The molecule has 0 saturated carbocycles. The molecule has 2 aromatic carbocycles. The van der Waals surface area contributed by atoms with Gasteiger partial charge in [-0.1, -0.05) is 12.1 Å². The van der Waals surface area contributed by atoms with Crippen LogP contribution in [-0.4, -0.2) is 24.7 Å². The van der Waals surface area contributed by atoms with Crippen LogP contribution in [-0.2, 0) is 4.79 Å². The molecule has 0 bridgehead atoms. The highest BCUT2D eigenvalue weighted by Crippen LogP contribution is 2.29. The van der Waals surface area contributed by atoms with E-state index >= 15 is 0 Å². The number of benzene rings is 2. The SMILES string of the molecule is COc1cc(/C=C/C(=O)Nc2cccc(O)c2)ccc1OC(F)F. The average Bonchev–Trinajstić information content (AvgIpc) is 2.53. The first-order valence-corrected chi connectivity index (χ1v) is 6.89. The predicted molar refractivity (Wildman–Crippen MR) is 85.4 cm³/mol. The highest BCUT2D eigenvalue weighted by Gasteiger charge is 2.10. The topological polar surface area (TPSA) is 67.8 Å². The number of rotatable bonds is 6. The first-order valence-electron chi connectivity index (χ1n) is 6.89. The lowest BCUT2D eigenvalue weighted by atomic mass is 10.2. The van der Waals surface area contributed by atoms with Crippen molar-refractivity contribution in [3.63, 3.8) is 0 Å². The number of methoxy groups -OCH3 is 1. The molecule has 2 N–H and O–H groups in total. The Bertz CT molecular complexity index is 747. The van der Waals surface area contributed by atoms with Gasteiger partial charge in [-0.2, -0.15) is 8.78 Å². The standard InChI is InChI=1S/C17H15F2NO4/c1-23-15-9-11(5-7-14(15)24-17(18)19)6-8-16(22)20-12-3-2-4-13(21)10-12/h2-10,17,21H,1H3,(H,20,22)/b8-6+. The van der Waals surface area contributed by atoms with Crippen LogP contribution in [0.15, 0.2) is 48.5 Å². The van der Waals surface area contributed by atoms with Crippen LogP contribution < -0.4 is 14.8 Å². The number of amides is 1. The summed E-state index contributed by atoms with van der Waals surface area (Å²) in [6.07, 6.45) is 2.76. The molecule has 0 radical (unpaired) electrons. The molecule has 0 atom stereocenters. The lowest BCUT2D eigenvalue weighted by Crippen LogP contribution is -2.07. The number of hydrogen-bond donors (Lipinski definition) is 2. The molecule has 7 heteroatoms. The van der Waals surface area contributed by atoms with Crippen LogP contribution >= 0.6 is 0 Å². The zero-order valence-corrected chi connectivity index (χ0v) is 12.7. The molecule has 0 unspecified atom stereocenters. The van der Waals surface area contributed by atoms with Gasteiger partial charge >= 0.3 is 6.61 Å². The van der Waals surface area contributed by atoms with Crippen molar-refractivity contribution >= 4 is 17.7 Å². The van der Waals surface area contributed by atoms with E-state index in [1.54, 1.807) is 12.1 Å². The Morgan fingerprint density at radius 3 is 2.67 bits per heavy atom. The largest absolute Gasteiger partial charge is 0.508 e. The summed E-state index contributed by atoms with van der Waals surface area (Å²) in [6.45, 7) is -2.95. The number of nitrogens with one attached hydrogen (secondary N) is 1. The number of alkyl halides is 2. The minimum atomic E-state index is -2.95. The Morgan fingerprint density at radius 2 is 2.00 bits per heavy atom. The quantitative estimate of drug-likeness (QED) is 0.791. The van der Waals surface area contributed by atoms with Crippen molar-refractivity contribution in [3.8, 4) is 17.2 Å². The second-order valence-electron chi connectivity index (χ2n) is 4.66. The molecule has 0 heterocycles. The maximum absolute atomic E-state index is 12.3. The third kappa shape index (κ3) is 4.98. The molecule has 0 fully saturated rings. The number of halogens is 2. The molecule has 5 nitrogen and oxygen atoms in total. The van der Waals surface area contributed by atoms with Crippen LogP contribution in [0.2, 0.25) is 0 Å². The normalized spacial score (nSPS) is 10.8. The fraction of sp³-hybridized carbons (Fsp3) is 0.118. The van der Waals surface area contributed by atoms with Gasteiger partial charge in [-0.3, -0.25) is 4.79 Å². The third-order valence-corrected chi connectivity index (χ3v) is 2.94. The van der Waals surface area contributed by atoms with Crippen LogP contribution in [0.1, 0.15) is 5.56 Å². The van der Waals surface area contributed by atoms with E-state index in [0.717, 1.165) is 0 Å². The molecule has 0 aliphatic rings. The molecule has 0 aliphatic carbocycles. The van der Waals surface area contributed by atoms with Crippen molar-refractivity contribution in [2.45, 2.75) is 6.61 Å². The van der Waals surface area contributed by atoms with Gasteiger partial charge in [-0.05, 0) is 35.9 Å². The molecule has 24 heavy (non-hydrogen) atoms. The van der Waals surface area contributed by atoms with Crippen LogP contribution in [0.25, 0.3) is 6.08 Å². The van der Waals surface area contributed by atoms with Crippen LogP contribution in [0, 0.1) is 0 Å². The van der Waals surface area contributed by atoms with Gasteiger partial charge in [-0.15, -0.1) is 0 Å². The van der Waals surface area contributed by atoms with E-state index < -0.39 is 12.5 Å². The first kappa shape index (κ1) is 17.3. The Morgan fingerprint density at radius 1 is 1.21 bits per heavy atom. The Labute approximate surface area is 137 Å². The summed E-state index contributed by atoms with van der Waals surface area (Å²) in [6, 6.07) is 10.4. The van der Waals surface area contributed by atoms with Gasteiger partial charge in [0, 0.05) is 17.8 Å². The third-order valence-electron chi connectivity index (χ3n) is 2.94. The van der Waals surface area contributed by atoms with Gasteiger partial charge in [0.15, 0.2) is 11.5 Å². The maximum Gasteiger partial charge on any atom is 0.387 e. The van der Waals surface area contributed by atoms with Crippen molar-refractivity contribution in [1.29, 1.82) is 0 Å². The predicted octanol–water partition coefficient (Wildman–Crippen LogP) is 3.65. The van der Waals surface area contributed by atoms with E-state index in [9.17, 15) is 18.7 Å². The second kappa shape index (κ2) is 7.96. The Hall–Kier alpha value is -3.09. The molecule has 1 amide bonds. The number of carbonyl (C=O) groups excluding carboxylic acids is 1. The summed E-state index contributed by atoms with van der Waals surface area (Å²) < 4.78 is 33.8. The van der Waals surface area contributed by atoms with Gasteiger partial charge in [-0.25, -0.2) is 0 Å². The minimum Gasteiger partial charge on any atom is -0.508 e. The lowest BCUT2D eigenvalue weighted by molar-refractivity contribution is -0.111. The number of carbonyl (C=O) groups is 1. The van der Waals surface area contributed by atoms with E-state index in [1.165, 1.54) is 49.6 Å². The van der Waals surface area contributed by atoms with Gasteiger partial charge in [0.25, 0.3) is 0 Å². The molecular weight excluding hydrogens is 320 g/mol. The second-order valence-corrected chi connectivity index (χ2v) is 4.66. The first-order chi connectivity index (χ1) is 11.5. The number of hydrogen-bond acceptors (Lipinski definition) is 4. The summed E-state index contributed by atoms with van der Waals surface area (Å²) in [7, 11) is 1.33. The molecule has 0 aromatic heterocycles. The smallest absolute Gasteiger partial charge is 0.387 e. The van der Waals surface area contributed by atoms with Crippen molar-refractivity contribution in [2.75, 3.05) is 12.4 Å². The lowest BCUT2D eigenvalue weighted by Gasteiger charge is -2.10. The van der Waals surface area contributed by atoms with Crippen LogP contribution in [0.4, 0.5) is 14.5 Å². The fourth-order valence-corrected chi connectivity index (χ4v) is 1.92.